The number of hydrogen-bond donors (Lipinski definition) is 2. The zero-order chi connectivity index (χ0) is 23.5. The molecule has 2 aromatic carbocycles. The molecule has 0 bridgehead atoms. The molecule has 1 aromatic heterocycles. The maximum Gasteiger partial charge on any atom is 0.434 e. The topological polar surface area (TPSA) is 85.3 Å². The average molecular weight is 450 g/mol. The zero-order valence-corrected chi connectivity index (χ0v) is 16.9. The highest BCUT2D eigenvalue weighted by molar-refractivity contribution is 5.96. The van der Waals surface area contributed by atoms with Crippen LogP contribution in [0, 0.1) is 12.7 Å². The van der Waals surface area contributed by atoms with Gasteiger partial charge in [-0.25, -0.2) is 9.07 Å². The Hall–Kier alpha value is -3.89. The summed E-state index contributed by atoms with van der Waals surface area (Å²) < 4.78 is 59.9. The molecule has 2 N–H and O–H groups in total. The average Bonchev–Trinajstić information content (AvgIpc) is 3.20. The SMILES string of the molecule is Cc1ccc(-n2ncc(C(=O)NNC(=O)C(C)Oc3ccc(F)cc3)c2C(F)(F)F)cc1. The van der Waals surface area contributed by atoms with Crippen LogP contribution in [0.5, 0.6) is 5.75 Å². The summed E-state index contributed by atoms with van der Waals surface area (Å²) in [6.45, 7) is 3.13. The van der Waals surface area contributed by atoms with Crippen molar-refractivity contribution in [2.75, 3.05) is 0 Å². The number of aromatic nitrogens is 2. The van der Waals surface area contributed by atoms with Crippen molar-refractivity contribution in [3.8, 4) is 11.4 Å². The predicted octanol–water partition coefficient (Wildman–Crippen LogP) is 3.57. The quantitative estimate of drug-likeness (QED) is 0.460. The van der Waals surface area contributed by atoms with Gasteiger partial charge in [0.2, 0.25) is 0 Å². The molecule has 3 aromatic rings. The van der Waals surface area contributed by atoms with E-state index in [0.717, 1.165) is 23.9 Å². The highest BCUT2D eigenvalue weighted by Crippen LogP contribution is 2.33. The van der Waals surface area contributed by atoms with E-state index in [9.17, 15) is 27.2 Å². The van der Waals surface area contributed by atoms with E-state index in [4.69, 9.17) is 4.74 Å². The molecule has 1 atom stereocenters. The van der Waals surface area contributed by atoms with Gasteiger partial charge in [0.1, 0.15) is 11.6 Å². The van der Waals surface area contributed by atoms with E-state index in [1.54, 1.807) is 19.1 Å². The third-order valence-corrected chi connectivity index (χ3v) is 4.36. The number of amides is 2. The predicted molar refractivity (Wildman–Crippen MR) is 105 cm³/mol. The van der Waals surface area contributed by atoms with Crippen molar-refractivity contribution in [3.63, 3.8) is 0 Å². The lowest BCUT2D eigenvalue weighted by Crippen LogP contribution is -2.47. The van der Waals surface area contributed by atoms with Crippen LogP contribution >= 0.6 is 0 Å². The molecule has 0 saturated heterocycles. The number of nitrogens with one attached hydrogen (secondary N) is 2. The van der Waals surface area contributed by atoms with Crippen LogP contribution in [-0.4, -0.2) is 27.7 Å². The molecule has 0 aliphatic rings. The van der Waals surface area contributed by atoms with Crippen LogP contribution in [0.4, 0.5) is 17.6 Å². The molecule has 0 saturated carbocycles. The molecule has 32 heavy (non-hydrogen) atoms. The summed E-state index contributed by atoms with van der Waals surface area (Å²) in [6, 6.07) is 11.0. The van der Waals surface area contributed by atoms with E-state index in [0.29, 0.717) is 4.68 Å². The van der Waals surface area contributed by atoms with E-state index in [-0.39, 0.29) is 11.4 Å². The molecule has 168 valence electrons. The van der Waals surface area contributed by atoms with Gasteiger partial charge in [-0.1, -0.05) is 17.7 Å². The zero-order valence-electron chi connectivity index (χ0n) is 16.9. The summed E-state index contributed by atoms with van der Waals surface area (Å²) in [5.74, 6) is -2.34. The standard InChI is InChI=1S/C21H18F4N4O3/c1-12-3-7-15(8-4-12)29-18(21(23,24)25)17(11-26-29)20(31)28-27-19(30)13(2)32-16-9-5-14(22)6-10-16/h3-11,13H,1-2H3,(H,27,30)(H,28,31). The molecule has 1 heterocycles. The van der Waals surface area contributed by atoms with E-state index < -0.39 is 41.2 Å². The number of ether oxygens (including phenoxy) is 1. The third-order valence-electron chi connectivity index (χ3n) is 4.36. The maximum atomic E-state index is 13.7. The first-order chi connectivity index (χ1) is 15.1. The Morgan fingerprint density at radius 3 is 2.25 bits per heavy atom. The summed E-state index contributed by atoms with van der Waals surface area (Å²) >= 11 is 0. The molecule has 0 fully saturated rings. The van der Waals surface area contributed by atoms with Gasteiger partial charge in [-0.15, -0.1) is 0 Å². The number of alkyl halides is 3. The lowest BCUT2D eigenvalue weighted by atomic mass is 10.2. The monoisotopic (exact) mass is 450 g/mol. The van der Waals surface area contributed by atoms with Crippen molar-refractivity contribution in [1.82, 2.24) is 20.6 Å². The van der Waals surface area contributed by atoms with Gasteiger partial charge in [0.05, 0.1) is 17.4 Å². The van der Waals surface area contributed by atoms with Crippen molar-refractivity contribution in [2.24, 2.45) is 0 Å². The maximum absolute atomic E-state index is 13.7. The number of hydrazine groups is 1. The molecule has 0 spiro atoms. The summed E-state index contributed by atoms with van der Waals surface area (Å²) in [6.07, 6.45) is -5.25. The van der Waals surface area contributed by atoms with E-state index in [1.165, 1.54) is 31.2 Å². The fraction of sp³-hybridized carbons (Fsp3) is 0.190. The molecule has 0 aliphatic heterocycles. The lowest BCUT2D eigenvalue weighted by Gasteiger charge is -2.16. The highest BCUT2D eigenvalue weighted by Gasteiger charge is 2.40. The van der Waals surface area contributed by atoms with Crippen molar-refractivity contribution in [3.05, 3.63) is 77.4 Å². The number of carbonyl (C=O) groups excluding carboxylic acids is 2. The number of carbonyl (C=O) groups is 2. The van der Waals surface area contributed by atoms with Gasteiger partial charge in [-0.2, -0.15) is 18.3 Å². The number of hydrogen-bond acceptors (Lipinski definition) is 4. The minimum Gasteiger partial charge on any atom is -0.481 e. The Kier molecular flexibility index (Phi) is 6.47. The van der Waals surface area contributed by atoms with Gasteiger partial charge in [0.25, 0.3) is 11.8 Å². The van der Waals surface area contributed by atoms with E-state index in [1.807, 2.05) is 10.9 Å². The van der Waals surface area contributed by atoms with E-state index >= 15 is 0 Å². The number of rotatable bonds is 5. The molecule has 0 radical (unpaired) electrons. The van der Waals surface area contributed by atoms with Gasteiger partial charge >= 0.3 is 6.18 Å². The van der Waals surface area contributed by atoms with Crippen molar-refractivity contribution >= 4 is 11.8 Å². The molecule has 0 aliphatic carbocycles. The lowest BCUT2D eigenvalue weighted by molar-refractivity contribution is -0.143. The largest absolute Gasteiger partial charge is 0.481 e. The van der Waals surface area contributed by atoms with Crippen LogP contribution in [-0.2, 0) is 11.0 Å². The normalized spacial score (nSPS) is 12.2. The van der Waals surface area contributed by atoms with Gasteiger partial charge in [-0.3, -0.25) is 20.4 Å². The van der Waals surface area contributed by atoms with Crippen LogP contribution in [0.15, 0.2) is 54.7 Å². The van der Waals surface area contributed by atoms with Crippen molar-refractivity contribution < 1.29 is 31.9 Å². The second-order valence-electron chi connectivity index (χ2n) is 6.81. The van der Waals surface area contributed by atoms with Crippen LogP contribution in [0.1, 0.15) is 28.5 Å². The summed E-state index contributed by atoms with van der Waals surface area (Å²) in [4.78, 5) is 24.5. The fourth-order valence-electron chi connectivity index (χ4n) is 2.73. The van der Waals surface area contributed by atoms with Crippen LogP contribution in [0.25, 0.3) is 5.69 Å². The van der Waals surface area contributed by atoms with Crippen LogP contribution in [0.2, 0.25) is 0 Å². The molecule has 7 nitrogen and oxygen atoms in total. The number of aryl methyl sites for hydroxylation is 1. The summed E-state index contributed by atoms with van der Waals surface area (Å²) in [5.41, 5.74) is 2.83. The van der Waals surface area contributed by atoms with Gasteiger partial charge in [0, 0.05) is 0 Å². The first-order valence-corrected chi connectivity index (χ1v) is 9.31. The summed E-state index contributed by atoms with van der Waals surface area (Å²) in [5, 5.41) is 3.70. The van der Waals surface area contributed by atoms with Crippen molar-refractivity contribution in [1.29, 1.82) is 0 Å². The summed E-state index contributed by atoms with van der Waals surface area (Å²) in [7, 11) is 0. The Bertz CT molecular complexity index is 1110. The molecule has 3 rings (SSSR count). The smallest absolute Gasteiger partial charge is 0.434 e. The third kappa shape index (κ3) is 5.23. The second kappa shape index (κ2) is 9.08. The molecular weight excluding hydrogens is 432 g/mol. The first kappa shape index (κ1) is 22.8. The van der Waals surface area contributed by atoms with Gasteiger partial charge in [0.15, 0.2) is 11.8 Å². The molecular formula is C21H18F4N4O3. The molecule has 2 amide bonds. The first-order valence-electron chi connectivity index (χ1n) is 9.31. The van der Waals surface area contributed by atoms with Crippen LogP contribution < -0.4 is 15.6 Å². The van der Waals surface area contributed by atoms with Crippen molar-refractivity contribution in [2.45, 2.75) is 26.1 Å². The minimum absolute atomic E-state index is 0.118. The minimum atomic E-state index is -4.89. The van der Waals surface area contributed by atoms with Gasteiger partial charge < -0.3 is 4.74 Å². The molecule has 11 heteroatoms. The van der Waals surface area contributed by atoms with E-state index in [2.05, 4.69) is 5.10 Å². The highest BCUT2D eigenvalue weighted by atomic mass is 19.4. The number of halogens is 4. The number of benzene rings is 2. The molecule has 1 unspecified atom stereocenters. The van der Waals surface area contributed by atoms with Crippen LogP contribution in [0.3, 0.4) is 0 Å². The Morgan fingerprint density at radius 2 is 1.66 bits per heavy atom. The fourth-order valence-corrected chi connectivity index (χ4v) is 2.73. The van der Waals surface area contributed by atoms with Gasteiger partial charge in [-0.05, 0) is 50.2 Å². The Balaban J connectivity index is 1.72. The Labute approximate surface area is 180 Å². The Morgan fingerprint density at radius 1 is 1.03 bits per heavy atom. The second-order valence-corrected chi connectivity index (χ2v) is 6.81. The number of nitrogens with zero attached hydrogens (tertiary/aromatic N) is 2.